The second-order valence-electron chi connectivity index (χ2n) is 4.97. The van der Waals surface area contributed by atoms with E-state index >= 15 is 0 Å². The summed E-state index contributed by atoms with van der Waals surface area (Å²) in [4.78, 5) is 11.7. The van der Waals surface area contributed by atoms with Crippen LogP contribution in [-0.4, -0.2) is 26.6 Å². The van der Waals surface area contributed by atoms with Crippen molar-refractivity contribution in [2.75, 3.05) is 16.3 Å². The zero-order valence-corrected chi connectivity index (χ0v) is 14.0. The van der Waals surface area contributed by atoms with E-state index in [0.717, 1.165) is 11.8 Å². The third-order valence-electron chi connectivity index (χ3n) is 2.64. The Morgan fingerprint density at radius 1 is 1.38 bits per heavy atom. The molecule has 0 heterocycles. The van der Waals surface area contributed by atoms with E-state index < -0.39 is 10.0 Å². The van der Waals surface area contributed by atoms with E-state index in [-0.39, 0.29) is 24.4 Å². The molecule has 0 fully saturated rings. The predicted octanol–water partition coefficient (Wildman–Crippen LogP) is 1.85. The maximum atomic E-state index is 11.7. The minimum Gasteiger partial charge on any atom is -0.328 e. The summed E-state index contributed by atoms with van der Waals surface area (Å²) in [5.41, 5.74) is 7.38. The molecular weight excluding hydrogens is 314 g/mol. The number of rotatable bonds is 6. The van der Waals surface area contributed by atoms with E-state index in [4.69, 9.17) is 5.73 Å². The van der Waals surface area contributed by atoms with Crippen LogP contribution >= 0.6 is 12.4 Å². The number of hydrogen-bond donors (Lipinski definition) is 3. The molecule has 0 bridgehead atoms. The normalized spacial score (nSPS) is 12.2. The highest BCUT2D eigenvalue weighted by atomic mass is 35.5. The number of halogens is 1. The van der Waals surface area contributed by atoms with Gasteiger partial charge in [0.05, 0.1) is 11.9 Å². The van der Waals surface area contributed by atoms with Crippen LogP contribution in [0.1, 0.15) is 25.3 Å². The van der Waals surface area contributed by atoms with E-state index in [1.54, 1.807) is 25.1 Å². The molecule has 1 aromatic carbocycles. The number of sulfonamides is 1. The van der Waals surface area contributed by atoms with Gasteiger partial charge in [-0.25, -0.2) is 8.42 Å². The largest absolute Gasteiger partial charge is 0.328 e. The molecule has 1 unspecified atom stereocenters. The Labute approximate surface area is 132 Å². The number of benzene rings is 1. The smallest absolute Gasteiger partial charge is 0.229 e. The molecule has 0 aliphatic heterocycles. The van der Waals surface area contributed by atoms with E-state index in [9.17, 15) is 13.2 Å². The summed E-state index contributed by atoms with van der Waals surface area (Å²) in [6.45, 7) is 3.63. The number of hydrogen-bond acceptors (Lipinski definition) is 4. The van der Waals surface area contributed by atoms with Crippen LogP contribution in [0.4, 0.5) is 11.4 Å². The van der Waals surface area contributed by atoms with Crippen LogP contribution < -0.4 is 15.8 Å². The van der Waals surface area contributed by atoms with Crippen molar-refractivity contribution in [3.05, 3.63) is 23.8 Å². The number of carbonyl (C=O) groups excluding carboxylic acids is 1. The van der Waals surface area contributed by atoms with Crippen molar-refractivity contribution in [1.29, 1.82) is 0 Å². The first-order valence-electron chi connectivity index (χ1n) is 6.31. The van der Waals surface area contributed by atoms with Gasteiger partial charge >= 0.3 is 0 Å². The summed E-state index contributed by atoms with van der Waals surface area (Å²) >= 11 is 0. The Balaban J connectivity index is 0.00000400. The van der Waals surface area contributed by atoms with Gasteiger partial charge in [0, 0.05) is 18.2 Å². The molecule has 0 spiro atoms. The molecule has 0 aromatic heterocycles. The number of nitrogens with one attached hydrogen (secondary N) is 2. The topological polar surface area (TPSA) is 101 Å². The van der Waals surface area contributed by atoms with Crippen LogP contribution in [0.5, 0.6) is 0 Å². The number of nitrogens with two attached hydrogens (primary N) is 1. The molecule has 4 N–H and O–H groups in total. The molecule has 1 amide bonds. The Hall–Kier alpha value is -1.31. The molecule has 120 valence electrons. The number of anilines is 2. The lowest BCUT2D eigenvalue weighted by atomic mass is 10.1. The summed E-state index contributed by atoms with van der Waals surface area (Å²) < 4.78 is 24.9. The average molecular weight is 336 g/mol. The van der Waals surface area contributed by atoms with Gasteiger partial charge in [-0.2, -0.15) is 0 Å². The first kappa shape index (κ1) is 19.7. The zero-order valence-electron chi connectivity index (χ0n) is 12.3. The molecule has 6 nitrogen and oxygen atoms in total. The van der Waals surface area contributed by atoms with Gasteiger partial charge in [-0.05, 0) is 38.0 Å². The SMILES string of the molecule is Cc1ccc(NC(=O)CCC(C)N)cc1NS(C)(=O)=O.Cl. The second kappa shape index (κ2) is 8.21. The number of carbonyl (C=O) groups is 1. The van der Waals surface area contributed by atoms with Crippen molar-refractivity contribution in [3.63, 3.8) is 0 Å². The quantitative estimate of drug-likeness (QED) is 0.738. The van der Waals surface area contributed by atoms with Gasteiger partial charge in [-0.1, -0.05) is 6.07 Å². The Morgan fingerprint density at radius 3 is 2.52 bits per heavy atom. The fraction of sp³-hybridized carbons (Fsp3) is 0.462. The van der Waals surface area contributed by atoms with Crippen molar-refractivity contribution in [2.24, 2.45) is 5.73 Å². The van der Waals surface area contributed by atoms with Gasteiger partial charge in [0.15, 0.2) is 0 Å². The molecule has 0 aliphatic rings. The molecule has 1 atom stereocenters. The van der Waals surface area contributed by atoms with Crippen molar-refractivity contribution in [3.8, 4) is 0 Å². The second-order valence-corrected chi connectivity index (χ2v) is 6.72. The molecule has 1 aromatic rings. The van der Waals surface area contributed by atoms with Gasteiger partial charge in [-0.3, -0.25) is 9.52 Å². The lowest BCUT2D eigenvalue weighted by Crippen LogP contribution is -2.19. The molecule has 0 saturated heterocycles. The molecular formula is C13H22ClN3O3S. The highest BCUT2D eigenvalue weighted by molar-refractivity contribution is 7.92. The van der Waals surface area contributed by atoms with E-state index in [2.05, 4.69) is 10.0 Å². The van der Waals surface area contributed by atoms with Crippen LogP contribution in [0.15, 0.2) is 18.2 Å². The maximum Gasteiger partial charge on any atom is 0.229 e. The van der Waals surface area contributed by atoms with Crippen LogP contribution in [-0.2, 0) is 14.8 Å². The molecule has 8 heteroatoms. The van der Waals surface area contributed by atoms with Gasteiger partial charge in [0.1, 0.15) is 0 Å². The maximum absolute atomic E-state index is 11.7. The van der Waals surface area contributed by atoms with Crippen molar-refractivity contribution < 1.29 is 13.2 Å². The number of amides is 1. The lowest BCUT2D eigenvalue weighted by molar-refractivity contribution is -0.116. The zero-order chi connectivity index (χ0) is 15.3. The van der Waals surface area contributed by atoms with Crippen LogP contribution in [0, 0.1) is 6.92 Å². The van der Waals surface area contributed by atoms with Gasteiger partial charge in [0.25, 0.3) is 0 Å². The molecule has 0 aliphatic carbocycles. The molecule has 0 radical (unpaired) electrons. The minimum absolute atomic E-state index is 0. The standard InChI is InChI=1S/C13H21N3O3S.ClH/c1-9-4-6-11(8-12(9)16-20(3,18)19)15-13(17)7-5-10(2)14;/h4,6,8,10,16H,5,7,14H2,1-3H3,(H,15,17);1H. The van der Waals surface area contributed by atoms with Gasteiger partial charge in [0.2, 0.25) is 15.9 Å². The third-order valence-corrected chi connectivity index (χ3v) is 3.23. The summed E-state index contributed by atoms with van der Waals surface area (Å²) in [7, 11) is -3.35. The van der Waals surface area contributed by atoms with Gasteiger partial charge < -0.3 is 11.1 Å². The predicted molar refractivity (Wildman–Crippen MR) is 88.4 cm³/mol. The molecule has 0 saturated carbocycles. The Morgan fingerprint density at radius 2 is 2.00 bits per heavy atom. The van der Waals surface area contributed by atoms with E-state index in [0.29, 0.717) is 24.2 Å². The number of aryl methyl sites for hydroxylation is 1. The van der Waals surface area contributed by atoms with Crippen molar-refractivity contribution in [2.45, 2.75) is 32.7 Å². The van der Waals surface area contributed by atoms with Gasteiger partial charge in [-0.15, -0.1) is 12.4 Å². The first-order valence-corrected chi connectivity index (χ1v) is 8.20. The first-order chi connectivity index (χ1) is 9.17. The summed E-state index contributed by atoms with van der Waals surface area (Å²) in [5, 5.41) is 2.72. The third kappa shape index (κ3) is 7.89. The van der Waals surface area contributed by atoms with Crippen LogP contribution in [0.25, 0.3) is 0 Å². The van der Waals surface area contributed by atoms with E-state index in [1.165, 1.54) is 0 Å². The van der Waals surface area contributed by atoms with Crippen molar-refractivity contribution >= 4 is 39.7 Å². The highest BCUT2D eigenvalue weighted by Gasteiger charge is 2.08. The highest BCUT2D eigenvalue weighted by Crippen LogP contribution is 2.21. The van der Waals surface area contributed by atoms with Crippen LogP contribution in [0.3, 0.4) is 0 Å². The molecule has 1 rings (SSSR count). The lowest BCUT2D eigenvalue weighted by Gasteiger charge is -2.11. The van der Waals surface area contributed by atoms with Crippen molar-refractivity contribution in [1.82, 2.24) is 0 Å². The Bertz CT molecular complexity index is 588. The van der Waals surface area contributed by atoms with E-state index in [1.807, 2.05) is 6.92 Å². The minimum atomic E-state index is -3.35. The summed E-state index contributed by atoms with van der Waals surface area (Å²) in [6, 6.07) is 5.04. The summed E-state index contributed by atoms with van der Waals surface area (Å²) in [6.07, 6.45) is 2.02. The fourth-order valence-electron chi connectivity index (χ4n) is 1.59. The average Bonchev–Trinajstić information content (AvgIpc) is 2.29. The fourth-order valence-corrected chi connectivity index (χ4v) is 2.21. The Kier molecular flexibility index (Phi) is 7.70. The summed E-state index contributed by atoms with van der Waals surface area (Å²) in [5.74, 6) is -0.142. The monoisotopic (exact) mass is 335 g/mol. The van der Waals surface area contributed by atoms with Crippen LogP contribution in [0.2, 0.25) is 0 Å². The molecule has 21 heavy (non-hydrogen) atoms.